The maximum absolute atomic E-state index is 13.1. The van der Waals surface area contributed by atoms with E-state index >= 15 is 0 Å². The van der Waals surface area contributed by atoms with Crippen molar-refractivity contribution in [3.63, 3.8) is 0 Å². The van der Waals surface area contributed by atoms with Crippen LogP contribution in [0.3, 0.4) is 0 Å². The molecule has 2 unspecified atom stereocenters. The van der Waals surface area contributed by atoms with Crippen molar-refractivity contribution < 1.29 is 9.18 Å². The van der Waals surface area contributed by atoms with Gasteiger partial charge in [0.15, 0.2) is 0 Å². The number of nitrogens with one attached hydrogen (secondary N) is 1. The summed E-state index contributed by atoms with van der Waals surface area (Å²) in [6, 6.07) is 4.12. The minimum atomic E-state index is -0.477. The van der Waals surface area contributed by atoms with Crippen molar-refractivity contribution >= 4 is 11.6 Å². The van der Waals surface area contributed by atoms with Gasteiger partial charge < -0.3 is 11.1 Å². The molecule has 1 aliphatic carbocycles. The second kappa shape index (κ2) is 4.73. The SMILES string of the molecule is CC1CCCC1NC(=O)c1cc(N)cc(F)c1. The van der Waals surface area contributed by atoms with E-state index in [1.807, 2.05) is 0 Å². The standard InChI is InChI=1S/C13H17FN2O/c1-8-3-2-4-12(8)16-13(17)9-5-10(14)7-11(15)6-9/h5-8,12H,2-4,15H2,1H3,(H,16,17). The average Bonchev–Trinajstić information content (AvgIpc) is 2.63. The Bertz CT molecular complexity index is 413. The predicted molar refractivity (Wildman–Crippen MR) is 65.1 cm³/mol. The number of nitrogens with two attached hydrogens (primary N) is 1. The lowest BCUT2D eigenvalue weighted by atomic mass is 10.1. The zero-order valence-electron chi connectivity index (χ0n) is 9.87. The van der Waals surface area contributed by atoms with Crippen molar-refractivity contribution in [1.82, 2.24) is 5.32 Å². The highest BCUT2D eigenvalue weighted by molar-refractivity contribution is 5.95. The first-order valence-electron chi connectivity index (χ1n) is 5.93. The first-order chi connectivity index (χ1) is 8.06. The Morgan fingerprint density at radius 3 is 2.76 bits per heavy atom. The van der Waals surface area contributed by atoms with Crippen molar-refractivity contribution in [2.75, 3.05) is 5.73 Å². The Labute approximate surface area is 100 Å². The lowest BCUT2D eigenvalue weighted by Gasteiger charge is -2.17. The van der Waals surface area contributed by atoms with E-state index in [1.54, 1.807) is 0 Å². The molecule has 0 aliphatic heterocycles. The molecular formula is C13H17FN2O. The molecule has 17 heavy (non-hydrogen) atoms. The number of hydrogen-bond donors (Lipinski definition) is 2. The summed E-state index contributed by atoms with van der Waals surface area (Å²) >= 11 is 0. The molecule has 3 nitrogen and oxygen atoms in total. The number of anilines is 1. The van der Waals surface area contributed by atoms with E-state index in [-0.39, 0.29) is 17.6 Å². The van der Waals surface area contributed by atoms with Crippen molar-refractivity contribution in [2.24, 2.45) is 5.92 Å². The summed E-state index contributed by atoms with van der Waals surface area (Å²) in [5.74, 6) is -0.227. The molecule has 0 radical (unpaired) electrons. The number of carbonyl (C=O) groups excluding carboxylic acids is 1. The maximum Gasteiger partial charge on any atom is 0.251 e. The molecule has 1 aromatic rings. The van der Waals surface area contributed by atoms with Crippen LogP contribution >= 0.6 is 0 Å². The molecule has 1 saturated carbocycles. The fraction of sp³-hybridized carbons (Fsp3) is 0.462. The Hall–Kier alpha value is -1.58. The topological polar surface area (TPSA) is 55.1 Å². The van der Waals surface area contributed by atoms with Crippen LogP contribution in [0.1, 0.15) is 36.5 Å². The summed E-state index contributed by atoms with van der Waals surface area (Å²) in [7, 11) is 0. The van der Waals surface area contributed by atoms with Crippen LogP contribution in [-0.4, -0.2) is 11.9 Å². The van der Waals surface area contributed by atoms with E-state index in [0.717, 1.165) is 19.3 Å². The number of nitrogen functional groups attached to an aromatic ring is 1. The largest absolute Gasteiger partial charge is 0.399 e. The molecule has 3 N–H and O–H groups in total. The fourth-order valence-corrected chi connectivity index (χ4v) is 2.36. The number of benzene rings is 1. The number of halogens is 1. The second-order valence-corrected chi connectivity index (χ2v) is 4.76. The summed E-state index contributed by atoms with van der Waals surface area (Å²) in [4.78, 5) is 11.9. The highest BCUT2D eigenvalue weighted by Crippen LogP contribution is 2.25. The van der Waals surface area contributed by atoms with E-state index in [9.17, 15) is 9.18 Å². The van der Waals surface area contributed by atoms with Gasteiger partial charge in [-0.1, -0.05) is 13.3 Å². The molecule has 0 saturated heterocycles. The first-order valence-corrected chi connectivity index (χ1v) is 5.93. The van der Waals surface area contributed by atoms with E-state index < -0.39 is 5.82 Å². The molecule has 4 heteroatoms. The van der Waals surface area contributed by atoms with Crippen LogP contribution in [0.25, 0.3) is 0 Å². The molecule has 0 spiro atoms. The monoisotopic (exact) mass is 236 g/mol. The van der Waals surface area contributed by atoms with Crippen LogP contribution < -0.4 is 11.1 Å². The van der Waals surface area contributed by atoms with E-state index in [4.69, 9.17) is 5.73 Å². The van der Waals surface area contributed by atoms with Crippen molar-refractivity contribution in [1.29, 1.82) is 0 Å². The van der Waals surface area contributed by atoms with Crippen molar-refractivity contribution in [3.8, 4) is 0 Å². The Morgan fingerprint density at radius 2 is 2.18 bits per heavy atom. The van der Waals surface area contributed by atoms with Gasteiger partial charge in [0.25, 0.3) is 5.91 Å². The first kappa shape index (κ1) is 11.9. The molecule has 0 bridgehead atoms. The molecule has 92 valence electrons. The van der Waals surface area contributed by atoms with E-state index in [1.165, 1.54) is 18.2 Å². The predicted octanol–water partition coefficient (Wildman–Crippen LogP) is 2.33. The van der Waals surface area contributed by atoms with Crippen molar-refractivity contribution in [2.45, 2.75) is 32.2 Å². The summed E-state index contributed by atoms with van der Waals surface area (Å²) < 4.78 is 13.1. The number of amides is 1. The Kier molecular flexibility index (Phi) is 3.31. The quantitative estimate of drug-likeness (QED) is 0.774. The van der Waals surface area contributed by atoms with Crippen LogP contribution in [0, 0.1) is 11.7 Å². The molecule has 1 amide bonds. The van der Waals surface area contributed by atoms with Crippen LogP contribution in [0.4, 0.5) is 10.1 Å². The third-order valence-electron chi connectivity index (χ3n) is 3.36. The van der Waals surface area contributed by atoms with Crippen LogP contribution in [0.2, 0.25) is 0 Å². The van der Waals surface area contributed by atoms with Gasteiger partial charge in [0.2, 0.25) is 0 Å². The average molecular weight is 236 g/mol. The van der Waals surface area contributed by atoms with Gasteiger partial charge in [-0.2, -0.15) is 0 Å². The minimum absolute atomic E-state index is 0.201. The fourth-order valence-electron chi connectivity index (χ4n) is 2.36. The summed E-state index contributed by atoms with van der Waals surface area (Å²) in [5.41, 5.74) is 6.08. The number of carbonyl (C=O) groups is 1. The third kappa shape index (κ3) is 2.75. The smallest absolute Gasteiger partial charge is 0.251 e. The van der Waals surface area contributed by atoms with E-state index in [2.05, 4.69) is 12.2 Å². The minimum Gasteiger partial charge on any atom is -0.399 e. The summed E-state index contributed by atoms with van der Waals surface area (Å²) in [6.07, 6.45) is 3.27. The highest BCUT2D eigenvalue weighted by atomic mass is 19.1. The van der Waals surface area contributed by atoms with Crippen molar-refractivity contribution in [3.05, 3.63) is 29.6 Å². The van der Waals surface area contributed by atoms with Gasteiger partial charge in [0, 0.05) is 17.3 Å². The van der Waals surface area contributed by atoms with E-state index in [0.29, 0.717) is 11.5 Å². The zero-order valence-corrected chi connectivity index (χ0v) is 9.87. The zero-order chi connectivity index (χ0) is 12.4. The van der Waals surface area contributed by atoms with Crippen LogP contribution in [0.15, 0.2) is 18.2 Å². The lowest BCUT2D eigenvalue weighted by molar-refractivity contribution is 0.0929. The number of rotatable bonds is 2. The van der Waals surface area contributed by atoms with Gasteiger partial charge in [0.05, 0.1) is 0 Å². The van der Waals surface area contributed by atoms with Gasteiger partial charge in [-0.3, -0.25) is 4.79 Å². The highest BCUT2D eigenvalue weighted by Gasteiger charge is 2.25. The lowest BCUT2D eigenvalue weighted by Crippen LogP contribution is -2.36. The van der Waals surface area contributed by atoms with Gasteiger partial charge in [0.1, 0.15) is 5.82 Å². The van der Waals surface area contributed by atoms with Crippen LogP contribution in [-0.2, 0) is 0 Å². The molecular weight excluding hydrogens is 219 g/mol. The maximum atomic E-state index is 13.1. The third-order valence-corrected chi connectivity index (χ3v) is 3.36. The molecule has 1 fully saturated rings. The number of hydrogen-bond acceptors (Lipinski definition) is 2. The molecule has 1 aromatic carbocycles. The molecule has 0 heterocycles. The molecule has 2 rings (SSSR count). The van der Waals surface area contributed by atoms with Gasteiger partial charge in [-0.15, -0.1) is 0 Å². The molecule has 2 atom stereocenters. The van der Waals surface area contributed by atoms with Gasteiger partial charge >= 0.3 is 0 Å². The molecule has 0 aromatic heterocycles. The van der Waals surface area contributed by atoms with Gasteiger partial charge in [-0.05, 0) is 37.0 Å². The molecule has 1 aliphatic rings. The van der Waals surface area contributed by atoms with Gasteiger partial charge in [-0.25, -0.2) is 4.39 Å². The normalized spacial score (nSPS) is 23.6. The second-order valence-electron chi connectivity index (χ2n) is 4.76. The Balaban J connectivity index is 2.09. The van der Waals surface area contributed by atoms with Crippen LogP contribution in [0.5, 0.6) is 0 Å². The summed E-state index contributed by atoms with van der Waals surface area (Å²) in [6.45, 7) is 2.12. The summed E-state index contributed by atoms with van der Waals surface area (Å²) in [5, 5.41) is 2.94. The Morgan fingerprint density at radius 1 is 1.41 bits per heavy atom.